The maximum atomic E-state index is 13.0. The van der Waals surface area contributed by atoms with Crippen molar-refractivity contribution in [2.75, 3.05) is 17.9 Å². The van der Waals surface area contributed by atoms with Crippen LogP contribution in [0.3, 0.4) is 0 Å². The molecule has 0 spiro atoms. The van der Waals surface area contributed by atoms with Crippen LogP contribution in [0.1, 0.15) is 12.1 Å². The fourth-order valence-corrected chi connectivity index (χ4v) is 4.40. The first-order valence-corrected chi connectivity index (χ1v) is 10.7. The van der Waals surface area contributed by atoms with Gasteiger partial charge in [-0.15, -0.1) is 11.3 Å². The van der Waals surface area contributed by atoms with Crippen molar-refractivity contribution >= 4 is 34.7 Å². The fourth-order valence-electron chi connectivity index (χ4n) is 2.64. The molecule has 1 aliphatic heterocycles. The lowest BCUT2D eigenvalue weighted by Gasteiger charge is -2.06. The number of ether oxygens (including phenoxy) is 2. The molecule has 0 bridgehead atoms. The van der Waals surface area contributed by atoms with Crippen LogP contribution in [-0.2, 0) is 10.5 Å². The summed E-state index contributed by atoms with van der Waals surface area (Å²) in [5.41, 5.74) is 2.57. The predicted octanol–water partition coefficient (Wildman–Crippen LogP) is 4.94. The summed E-state index contributed by atoms with van der Waals surface area (Å²) in [6.07, 6.45) is 0.411. The van der Waals surface area contributed by atoms with Gasteiger partial charge in [-0.1, -0.05) is 0 Å². The monoisotopic (exact) mass is 416 g/mol. The van der Waals surface area contributed by atoms with Crippen molar-refractivity contribution in [3.8, 4) is 22.1 Å². The molecule has 8 heteroatoms. The van der Waals surface area contributed by atoms with Crippen LogP contribution in [0.25, 0.3) is 10.6 Å². The molecule has 1 amide bonds. The van der Waals surface area contributed by atoms with Gasteiger partial charge in [0, 0.05) is 40.6 Å². The zero-order valence-electron chi connectivity index (χ0n) is 14.8. The van der Waals surface area contributed by atoms with Crippen LogP contribution in [0.15, 0.2) is 47.8 Å². The number of thiazole rings is 1. The number of anilines is 1. The smallest absolute Gasteiger partial charge is 0.231 e. The van der Waals surface area contributed by atoms with Gasteiger partial charge in [-0.05, 0) is 36.4 Å². The molecule has 0 fully saturated rings. The van der Waals surface area contributed by atoms with Gasteiger partial charge in [-0.2, -0.15) is 11.8 Å². The third-order valence-electron chi connectivity index (χ3n) is 4.02. The topological polar surface area (TPSA) is 60.5 Å². The highest BCUT2D eigenvalue weighted by atomic mass is 32.2. The molecule has 1 aromatic heterocycles. The summed E-state index contributed by atoms with van der Waals surface area (Å²) >= 11 is 3.19. The van der Waals surface area contributed by atoms with E-state index in [9.17, 15) is 9.18 Å². The van der Waals surface area contributed by atoms with Crippen molar-refractivity contribution in [1.29, 1.82) is 0 Å². The molecule has 0 unspecified atom stereocenters. The molecule has 2 heterocycles. The number of nitrogens with zero attached hydrogens (tertiary/aromatic N) is 1. The maximum absolute atomic E-state index is 13.0. The largest absolute Gasteiger partial charge is 0.454 e. The molecule has 28 heavy (non-hydrogen) atoms. The molecule has 0 saturated carbocycles. The maximum Gasteiger partial charge on any atom is 0.231 e. The van der Waals surface area contributed by atoms with Crippen LogP contribution in [-0.4, -0.2) is 23.4 Å². The van der Waals surface area contributed by atoms with E-state index in [1.807, 2.05) is 5.38 Å². The summed E-state index contributed by atoms with van der Waals surface area (Å²) in [5, 5.41) is 5.74. The van der Waals surface area contributed by atoms with Gasteiger partial charge in [0.15, 0.2) is 11.5 Å². The highest BCUT2D eigenvalue weighted by Crippen LogP contribution is 2.34. The Balaban J connectivity index is 1.21. The molecule has 4 rings (SSSR count). The normalized spacial score (nSPS) is 12.2. The van der Waals surface area contributed by atoms with Crippen LogP contribution >= 0.6 is 23.1 Å². The Bertz CT molecular complexity index is 976. The minimum Gasteiger partial charge on any atom is -0.454 e. The number of aromatic nitrogens is 1. The number of nitrogens with one attached hydrogen (secondary N) is 1. The van der Waals surface area contributed by atoms with Gasteiger partial charge in [0.1, 0.15) is 10.8 Å². The number of fused-ring (bicyclic) bond motifs is 1. The minimum atomic E-state index is -0.255. The fraction of sp³-hybridized carbons (Fsp3) is 0.200. The third-order valence-corrected chi connectivity index (χ3v) is 5.96. The van der Waals surface area contributed by atoms with E-state index < -0.39 is 0 Å². The standard InChI is InChI=1S/C20H17FN2O3S2/c21-14-3-1-13(2-4-14)20-23-16(11-28-20)10-27-8-7-19(24)22-15-5-6-17-18(9-15)26-12-25-17/h1-6,9,11H,7-8,10,12H2,(H,22,24). The second-order valence-corrected chi connectivity index (χ2v) is 8.03. The number of amides is 1. The minimum absolute atomic E-state index is 0.0448. The number of carbonyl (C=O) groups is 1. The van der Waals surface area contributed by atoms with Crippen molar-refractivity contribution in [3.05, 3.63) is 59.4 Å². The van der Waals surface area contributed by atoms with E-state index in [4.69, 9.17) is 9.47 Å². The Hall–Kier alpha value is -2.58. The zero-order valence-corrected chi connectivity index (χ0v) is 16.4. The molecule has 3 aromatic rings. The molecule has 0 radical (unpaired) electrons. The van der Waals surface area contributed by atoms with Gasteiger partial charge < -0.3 is 14.8 Å². The Morgan fingerprint density at radius 2 is 2.00 bits per heavy atom. The average molecular weight is 416 g/mol. The SMILES string of the molecule is O=C(CCSCc1csc(-c2ccc(F)cc2)n1)Nc1ccc2c(c1)OCO2. The van der Waals surface area contributed by atoms with Crippen molar-refractivity contribution in [3.63, 3.8) is 0 Å². The van der Waals surface area contributed by atoms with Crippen molar-refractivity contribution in [2.45, 2.75) is 12.2 Å². The van der Waals surface area contributed by atoms with E-state index in [1.54, 1.807) is 42.1 Å². The van der Waals surface area contributed by atoms with E-state index in [-0.39, 0.29) is 18.5 Å². The summed E-state index contributed by atoms with van der Waals surface area (Å²) < 4.78 is 23.6. The van der Waals surface area contributed by atoms with Gasteiger partial charge in [-0.25, -0.2) is 9.37 Å². The van der Waals surface area contributed by atoms with Crippen molar-refractivity contribution in [2.24, 2.45) is 0 Å². The summed E-state index contributed by atoms with van der Waals surface area (Å²) in [6.45, 7) is 0.211. The molecule has 0 aliphatic carbocycles. The van der Waals surface area contributed by atoms with Crippen LogP contribution in [0.2, 0.25) is 0 Å². The summed E-state index contributed by atoms with van der Waals surface area (Å²) in [7, 11) is 0. The van der Waals surface area contributed by atoms with Gasteiger partial charge in [0.2, 0.25) is 12.7 Å². The molecule has 144 valence electrons. The lowest BCUT2D eigenvalue weighted by Crippen LogP contribution is -2.12. The Morgan fingerprint density at radius 3 is 2.86 bits per heavy atom. The van der Waals surface area contributed by atoms with Crippen molar-refractivity contribution < 1.29 is 18.7 Å². The second-order valence-electron chi connectivity index (χ2n) is 6.07. The van der Waals surface area contributed by atoms with Gasteiger partial charge >= 0.3 is 0 Å². The van der Waals surface area contributed by atoms with Crippen molar-refractivity contribution in [1.82, 2.24) is 4.98 Å². The average Bonchev–Trinajstić information content (AvgIpc) is 3.35. The molecule has 0 saturated heterocycles. The highest BCUT2D eigenvalue weighted by molar-refractivity contribution is 7.98. The van der Waals surface area contributed by atoms with E-state index in [2.05, 4.69) is 10.3 Å². The molecule has 1 aliphatic rings. The molecule has 1 N–H and O–H groups in total. The van der Waals surface area contributed by atoms with Crippen LogP contribution < -0.4 is 14.8 Å². The van der Waals surface area contributed by atoms with Crippen LogP contribution in [0, 0.1) is 5.82 Å². The van der Waals surface area contributed by atoms with Gasteiger partial charge in [0.25, 0.3) is 0 Å². The van der Waals surface area contributed by atoms with E-state index in [0.29, 0.717) is 29.4 Å². The second kappa shape index (κ2) is 8.62. The lowest BCUT2D eigenvalue weighted by atomic mass is 10.2. The van der Waals surface area contributed by atoms with E-state index in [0.717, 1.165) is 22.0 Å². The Labute approximate surface area is 169 Å². The number of thioether (sulfide) groups is 1. The Kier molecular flexibility index (Phi) is 5.78. The lowest BCUT2D eigenvalue weighted by molar-refractivity contribution is -0.115. The number of rotatable bonds is 7. The summed E-state index contributed by atoms with van der Waals surface area (Å²) in [4.78, 5) is 16.7. The van der Waals surface area contributed by atoms with E-state index >= 15 is 0 Å². The van der Waals surface area contributed by atoms with Gasteiger partial charge in [-0.3, -0.25) is 4.79 Å². The first kappa shape index (κ1) is 18.8. The molecule has 5 nitrogen and oxygen atoms in total. The summed E-state index contributed by atoms with van der Waals surface area (Å²) in [5.74, 6) is 2.46. The zero-order chi connectivity index (χ0) is 19.3. The summed E-state index contributed by atoms with van der Waals surface area (Å²) in [6, 6.07) is 11.7. The number of hydrogen-bond donors (Lipinski definition) is 1. The quantitative estimate of drug-likeness (QED) is 0.553. The number of carbonyl (C=O) groups excluding carboxylic acids is 1. The highest BCUT2D eigenvalue weighted by Gasteiger charge is 2.14. The predicted molar refractivity (Wildman–Crippen MR) is 109 cm³/mol. The molecule has 0 atom stereocenters. The number of hydrogen-bond acceptors (Lipinski definition) is 6. The number of halogens is 1. The third kappa shape index (κ3) is 4.63. The van der Waals surface area contributed by atoms with Crippen LogP contribution in [0.5, 0.6) is 11.5 Å². The first-order valence-electron chi connectivity index (χ1n) is 8.65. The van der Waals surface area contributed by atoms with E-state index in [1.165, 1.54) is 23.5 Å². The van der Waals surface area contributed by atoms with Crippen LogP contribution in [0.4, 0.5) is 10.1 Å². The Morgan fingerprint density at radius 1 is 1.18 bits per heavy atom. The molecular weight excluding hydrogens is 399 g/mol. The molecule has 2 aromatic carbocycles. The van der Waals surface area contributed by atoms with Gasteiger partial charge in [0.05, 0.1) is 5.69 Å². The first-order chi connectivity index (χ1) is 13.7. The number of benzene rings is 2. The molecular formula is C20H17FN2O3S2.